The lowest BCUT2D eigenvalue weighted by molar-refractivity contribution is -0.122. The van der Waals surface area contributed by atoms with E-state index in [2.05, 4.69) is 17.0 Å². The molecule has 3 aromatic rings. The van der Waals surface area contributed by atoms with Gasteiger partial charge in [0.05, 0.1) is 24.1 Å². The van der Waals surface area contributed by atoms with Crippen LogP contribution in [0.2, 0.25) is 0 Å². The number of amides is 1. The number of benzene rings is 2. The van der Waals surface area contributed by atoms with Gasteiger partial charge in [0.2, 0.25) is 15.9 Å². The molecule has 1 aromatic heterocycles. The number of rotatable bonds is 9. The minimum atomic E-state index is -3.86. The number of methoxy groups -OCH3 is 1. The van der Waals surface area contributed by atoms with E-state index in [1.165, 1.54) is 43.1 Å². The second-order valence-corrected chi connectivity index (χ2v) is 9.76. The molecule has 0 aliphatic heterocycles. The van der Waals surface area contributed by atoms with Crippen molar-refractivity contribution in [3.63, 3.8) is 0 Å². The number of aryl methyl sites for hydroxylation is 1. The average molecular weight is 459 g/mol. The topological polar surface area (TPSA) is 84.5 Å². The first-order valence-electron chi connectivity index (χ1n) is 9.93. The number of thiophene rings is 1. The molecule has 0 radical (unpaired) electrons. The molecule has 3 rings (SSSR count). The molecule has 1 amide bonds. The van der Waals surface area contributed by atoms with E-state index >= 15 is 0 Å². The minimum absolute atomic E-state index is 0.0675. The Kier molecular flexibility index (Phi) is 7.48. The van der Waals surface area contributed by atoms with Crippen molar-refractivity contribution in [3.8, 4) is 5.75 Å². The van der Waals surface area contributed by atoms with Crippen LogP contribution in [-0.2, 0) is 21.2 Å². The summed E-state index contributed by atoms with van der Waals surface area (Å²) >= 11 is 1.54. The molecule has 164 valence electrons. The van der Waals surface area contributed by atoms with Crippen molar-refractivity contribution in [1.82, 2.24) is 10.0 Å². The van der Waals surface area contributed by atoms with Gasteiger partial charge >= 0.3 is 0 Å². The highest BCUT2D eigenvalue weighted by molar-refractivity contribution is 7.89. The van der Waals surface area contributed by atoms with Gasteiger partial charge in [0, 0.05) is 4.88 Å². The van der Waals surface area contributed by atoms with Gasteiger partial charge in [-0.05, 0) is 60.2 Å². The molecule has 31 heavy (non-hydrogen) atoms. The Bertz CT molecular complexity index is 1090. The highest BCUT2D eigenvalue weighted by Crippen LogP contribution is 2.26. The van der Waals surface area contributed by atoms with Crippen LogP contribution in [0.4, 0.5) is 0 Å². The fraction of sp³-hybridized carbons (Fsp3) is 0.261. The molecule has 0 aliphatic carbocycles. The first kappa shape index (κ1) is 23.0. The molecule has 1 heterocycles. The molecule has 2 N–H and O–H groups in total. The molecule has 0 saturated carbocycles. The van der Waals surface area contributed by atoms with Crippen molar-refractivity contribution in [3.05, 3.63) is 82.0 Å². The largest absolute Gasteiger partial charge is 0.497 e. The van der Waals surface area contributed by atoms with E-state index in [0.717, 1.165) is 16.9 Å². The van der Waals surface area contributed by atoms with Crippen LogP contribution in [0.15, 0.2) is 70.9 Å². The van der Waals surface area contributed by atoms with Crippen molar-refractivity contribution in [2.24, 2.45) is 0 Å². The van der Waals surface area contributed by atoms with Gasteiger partial charge in [-0.1, -0.05) is 37.3 Å². The maximum Gasteiger partial charge on any atom is 0.241 e. The van der Waals surface area contributed by atoms with E-state index in [4.69, 9.17) is 4.74 Å². The first-order chi connectivity index (χ1) is 14.8. The van der Waals surface area contributed by atoms with Gasteiger partial charge < -0.3 is 10.1 Å². The number of hydrogen-bond acceptors (Lipinski definition) is 5. The Morgan fingerprint density at radius 2 is 1.74 bits per heavy atom. The molecule has 0 saturated heterocycles. The zero-order valence-corrected chi connectivity index (χ0v) is 19.3. The van der Waals surface area contributed by atoms with Crippen LogP contribution < -0.4 is 14.8 Å². The Morgan fingerprint density at radius 3 is 2.29 bits per heavy atom. The van der Waals surface area contributed by atoms with E-state index in [1.807, 2.05) is 41.8 Å². The van der Waals surface area contributed by atoms with Crippen LogP contribution in [0.25, 0.3) is 0 Å². The molecule has 2 aromatic carbocycles. The molecule has 0 spiro atoms. The minimum Gasteiger partial charge on any atom is -0.497 e. The van der Waals surface area contributed by atoms with E-state index in [-0.39, 0.29) is 10.9 Å². The molecular formula is C23H26N2O4S2. The van der Waals surface area contributed by atoms with Crippen molar-refractivity contribution in [2.45, 2.75) is 37.2 Å². The first-order valence-corrected chi connectivity index (χ1v) is 12.3. The number of sulfonamides is 1. The summed E-state index contributed by atoms with van der Waals surface area (Å²) in [5.41, 5.74) is 2.15. The van der Waals surface area contributed by atoms with Gasteiger partial charge in [0.25, 0.3) is 0 Å². The lowest BCUT2D eigenvalue weighted by Crippen LogP contribution is -2.45. The summed E-state index contributed by atoms with van der Waals surface area (Å²) in [4.78, 5) is 13.9. The number of carbonyl (C=O) groups is 1. The zero-order chi connectivity index (χ0) is 22.4. The Morgan fingerprint density at radius 1 is 1.06 bits per heavy atom. The summed E-state index contributed by atoms with van der Waals surface area (Å²) in [7, 11) is -2.35. The Hall–Kier alpha value is -2.68. The number of hydrogen-bond donors (Lipinski definition) is 2. The number of ether oxygens (including phenoxy) is 1. The summed E-state index contributed by atoms with van der Waals surface area (Å²) in [6.07, 6.45) is 0.931. The van der Waals surface area contributed by atoms with Crippen molar-refractivity contribution in [2.75, 3.05) is 7.11 Å². The quantitative estimate of drug-likeness (QED) is 0.509. The average Bonchev–Trinajstić information content (AvgIpc) is 3.31. The van der Waals surface area contributed by atoms with E-state index < -0.39 is 22.0 Å². The molecule has 2 atom stereocenters. The second kappa shape index (κ2) is 10.1. The van der Waals surface area contributed by atoms with Crippen LogP contribution in [0.1, 0.15) is 35.9 Å². The lowest BCUT2D eigenvalue weighted by Gasteiger charge is -2.21. The fourth-order valence-electron chi connectivity index (χ4n) is 3.10. The van der Waals surface area contributed by atoms with Crippen LogP contribution in [0, 0.1) is 0 Å². The molecule has 0 aliphatic rings. The fourth-order valence-corrected chi connectivity index (χ4v) is 5.10. The van der Waals surface area contributed by atoms with Crippen molar-refractivity contribution in [1.29, 1.82) is 0 Å². The predicted molar refractivity (Wildman–Crippen MR) is 123 cm³/mol. The van der Waals surface area contributed by atoms with Gasteiger partial charge in [-0.25, -0.2) is 8.42 Å². The third-order valence-corrected chi connectivity index (χ3v) is 7.42. The van der Waals surface area contributed by atoms with Crippen LogP contribution in [0.3, 0.4) is 0 Å². The van der Waals surface area contributed by atoms with Gasteiger partial charge in [-0.2, -0.15) is 4.72 Å². The maximum absolute atomic E-state index is 12.9. The second-order valence-electron chi connectivity index (χ2n) is 7.07. The third kappa shape index (κ3) is 5.72. The lowest BCUT2D eigenvalue weighted by atomic mass is 10.0. The summed E-state index contributed by atoms with van der Waals surface area (Å²) in [5, 5.41) is 4.94. The summed E-state index contributed by atoms with van der Waals surface area (Å²) in [5.74, 6) is 0.146. The standard InChI is InChI=1S/C23H26N2O4S2/c1-4-17-7-9-18(10-8-17)22(21-6-5-15-30-21)24-23(26)16(2)25-31(27,28)20-13-11-19(29-3)12-14-20/h5-16,22,25H,4H2,1-3H3,(H,24,26)/t16-,22?/m0/s1. The highest BCUT2D eigenvalue weighted by Gasteiger charge is 2.25. The summed E-state index contributed by atoms with van der Waals surface area (Å²) < 4.78 is 32.9. The normalized spacial score (nSPS) is 13.4. The summed E-state index contributed by atoms with van der Waals surface area (Å²) in [6, 6.07) is 16.6. The highest BCUT2D eigenvalue weighted by atomic mass is 32.2. The molecule has 0 fully saturated rings. The molecule has 1 unspecified atom stereocenters. The SMILES string of the molecule is CCc1ccc(C(NC(=O)[C@H](C)NS(=O)(=O)c2ccc(OC)cc2)c2cccs2)cc1. The van der Waals surface area contributed by atoms with E-state index in [1.54, 1.807) is 12.1 Å². The maximum atomic E-state index is 12.9. The molecule has 6 nitrogen and oxygen atoms in total. The van der Waals surface area contributed by atoms with Gasteiger partial charge in [0.1, 0.15) is 5.75 Å². The van der Waals surface area contributed by atoms with Gasteiger partial charge in [-0.3, -0.25) is 4.79 Å². The van der Waals surface area contributed by atoms with Gasteiger partial charge in [0.15, 0.2) is 0 Å². The number of nitrogens with one attached hydrogen (secondary N) is 2. The predicted octanol–water partition coefficient (Wildman–Crippen LogP) is 3.89. The van der Waals surface area contributed by atoms with Crippen LogP contribution >= 0.6 is 11.3 Å². The van der Waals surface area contributed by atoms with Crippen molar-refractivity contribution < 1.29 is 17.9 Å². The van der Waals surface area contributed by atoms with E-state index in [0.29, 0.717) is 5.75 Å². The van der Waals surface area contributed by atoms with Crippen LogP contribution in [0.5, 0.6) is 5.75 Å². The molecular weight excluding hydrogens is 432 g/mol. The zero-order valence-electron chi connectivity index (χ0n) is 17.7. The summed E-state index contributed by atoms with van der Waals surface area (Å²) in [6.45, 7) is 3.62. The van der Waals surface area contributed by atoms with Gasteiger partial charge in [-0.15, -0.1) is 11.3 Å². The number of carbonyl (C=O) groups excluding carboxylic acids is 1. The molecule has 8 heteroatoms. The monoisotopic (exact) mass is 458 g/mol. The van der Waals surface area contributed by atoms with Crippen molar-refractivity contribution >= 4 is 27.3 Å². The Labute approximate surface area is 187 Å². The third-order valence-electron chi connectivity index (χ3n) is 4.93. The Balaban J connectivity index is 1.75. The van der Waals surface area contributed by atoms with E-state index in [9.17, 15) is 13.2 Å². The molecule has 0 bridgehead atoms. The smallest absolute Gasteiger partial charge is 0.241 e. The van der Waals surface area contributed by atoms with Crippen LogP contribution in [-0.4, -0.2) is 27.5 Å².